The number of nitro benzene ring substituents is 1. The molecule has 0 saturated heterocycles. The van der Waals surface area contributed by atoms with E-state index in [1.165, 1.54) is 6.07 Å². The largest absolute Gasteiger partial charge is 0.382 e. The van der Waals surface area contributed by atoms with Crippen molar-refractivity contribution in [3.05, 3.63) is 39.9 Å². The van der Waals surface area contributed by atoms with Gasteiger partial charge in [0.25, 0.3) is 5.69 Å². The molecule has 0 aliphatic carbocycles. The molecule has 0 radical (unpaired) electrons. The lowest BCUT2D eigenvalue weighted by molar-refractivity contribution is -0.384. The van der Waals surface area contributed by atoms with Crippen LogP contribution < -0.4 is 5.32 Å². The van der Waals surface area contributed by atoms with E-state index < -0.39 is 0 Å². The maximum Gasteiger partial charge on any atom is 0.269 e. The molecular weight excluding hydrogens is 248 g/mol. The van der Waals surface area contributed by atoms with Crippen molar-refractivity contribution in [2.24, 2.45) is 0 Å². The van der Waals surface area contributed by atoms with Crippen molar-refractivity contribution < 1.29 is 14.4 Å². The molecule has 19 heavy (non-hydrogen) atoms. The Kier molecular flexibility index (Phi) is 6.41. The smallest absolute Gasteiger partial charge is 0.269 e. The summed E-state index contributed by atoms with van der Waals surface area (Å²) in [5, 5.41) is 14.0. The van der Waals surface area contributed by atoms with Crippen molar-refractivity contribution in [2.75, 3.05) is 27.4 Å². The molecule has 0 spiro atoms. The lowest BCUT2D eigenvalue weighted by Gasteiger charge is -2.19. The van der Waals surface area contributed by atoms with Gasteiger partial charge in [0.2, 0.25) is 0 Å². The molecular formula is C13H20N2O4. The Morgan fingerprint density at radius 2 is 2.16 bits per heavy atom. The highest BCUT2D eigenvalue weighted by Gasteiger charge is 2.13. The zero-order valence-corrected chi connectivity index (χ0v) is 11.5. The molecule has 0 bridgehead atoms. The van der Waals surface area contributed by atoms with Crippen LogP contribution in [0.1, 0.15) is 18.5 Å². The van der Waals surface area contributed by atoms with Crippen molar-refractivity contribution in [3.63, 3.8) is 0 Å². The van der Waals surface area contributed by atoms with Gasteiger partial charge in [-0.1, -0.05) is 12.1 Å². The molecule has 0 saturated carbocycles. The van der Waals surface area contributed by atoms with Gasteiger partial charge in [0.05, 0.1) is 17.6 Å². The van der Waals surface area contributed by atoms with Gasteiger partial charge < -0.3 is 14.8 Å². The average molecular weight is 268 g/mol. The lowest BCUT2D eigenvalue weighted by Crippen LogP contribution is -2.33. The number of non-ortho nitro benzene ring substituents is 1. The Hall–Kier alpha value is -1.50. The van der Waals surface area contributed by atoms with Crippen LogP contribution in [-0.2, 0) is 9.47 Å². The number of nitrogens with zero attached hydrogens (tertiary/aromatic N) is 1. The minimum atomic E-state index is -0.390. The highest BCUT2D eigenvalue weighted by atomic mass is 16.6. The summed E-state index contributed by atoms with van der Waals surface area (Å²) in [6, 6.07) is 6.63. The second-order valence-electron chi connectivity index (χ2n) is 4.30. The predicted octanol–water partition coefficient (Wildman–Crippen LogP) is 1.91. The number of rotatable bonds is 8. The second kappa shape index (κ2) is 7.83. The summed E-state index contributed by atoms with van der Waals surface area (Å²) in [5.41, 5.74) is 0.979. The summed E-state index contributed by atoms with van der Waals surface area (Å²) in [7, 11) is 3.25. The summed E-state index contributed by atoms with van der Waals surface area (Å²) in [6.07, 6.45) is -0.0360. The molecule has 6 nitrogen and oxygen atoms in total. The van der Waals surface area contributed by atoms with E-state index in [1.54, 1.807) is 26.4 Å². The normalized spacial score (nSPS) is 14.1. The van der Waals surface area contributed by atoms with Gasteiger partial charge in [-0.05, 0) is 12.5 Å². The van der Waals surface area contributed by atoms with Gasteiger partial charge in [0, 0.05) is 38.9 Å². The first-order valence-corrected chi connectivity index (χ1v) is 6.08. The van der Waals surface area contributed by atoms with Crippen molar-refractivity contribution in [1.29, 1.82) is 0 Å². The number of benzene rings is 1. The number of hydrogen-bond acceptors (Lipinski definition) is 5. The molecule has 1 aromatic carbocycles. The van der Waals surface area contributed by atoms with Gasteiger partial charge in [-0.2, -0.15) is 0 Å². The first-order chi connectivity index (χ1) is 9.08. The predicted molar refractivity (Wildman–Crippen MR) is 72.2 cm³/mol. The molecule has 0 aliphatic rings. The summed E-state index contributed by atoms with van der Waals surface area (Å²) >= 11 is 0. The summed E-state index contributed by atoms with van der Waals surface area (Å²) in [5.74, 6) is 0. The van der Waals surface area contributed by atoms with Crippen LogP contribution in [-0.4, -0.2) is 38.4 Å². The third-order valence-electron chi connectivity index (χ3n) is 2.92. The molecule has 0 amide bonds. The van der Waals surface area contributed by atoms with Gasteiger partial charge in [-0.15, -0.1) is 0 Å². The maximum absolute atomic E-state index is 10.7. The van der Waals surface area contributed by atoms with Crippen molar-refractivity contribution >= 4 is 5.69 Å². The van der Waals surface area contributed by atoms with E-state index in [2.05, 4.69) is 5.32 Å². The molecule has 0 fully saturated rings. The molecule has 106 valence electrons. The third kappa shape index (κ3) is 4.94. The first kappa shape index (κ1) is 15.6. The average Bonchev–Trinajstić information content (AvgIpc) is 2.43. The van der Waals surface area contributed by atoms with Gasteiger partial charge in [0.15, 0.2) is 0 Å². The van der Waals surface area contributed by atoms with Crippen LogP contribution in [0.4, 0.5) is 5.69 Å². The van der Waals surface area contributed by atoms with Crippen LogP contribution >= 0.6 is 0 Å². The Morgan fingerprint density at radius 1 is 1.42 bits per heavy atom. The van der Waals surface area contributed by atoms with E-state index in [1.807, 2.05) is 13.0 Å². The van der Waals surface area contributed by atoms with Crippen LogP contribution in [0.2, 0.25) is 0 Å². The fourth-order valence-electron chi connectivity index (χ4n) is 1.73. The molecule has 1 N–H and O–H groups in total. The Balaban J connectivity index is 2.60. The third-order valence-corrected chi connectivity index (χ3v) is 2.92. The Bertz CT molecular complexity index is 411. The van der Waals surface area contributed by atoms with E-state index in [-0.39, 0.29) is 22.8 Å². The molecule has 0 aromatic heterocycles. The zero-order chi connectivity index (χ0) is 14.3. The molecule has 2 unspecified atom stereocenters. The summed E-state index contributed by atoms with van der Waals surface area (Å²) in [4.78, 5) is 10.3. The molecule has 6 heteroatoms. The van der Waals surface area contributed by atoms with Gasteiger partial charge in [0.1, 0.15) is 0 Å². The van der Waals surface area contributed by atoms with Gasteiger partial charge in [-0.3, -0.25) is 10.1 Å². The summed E-state index contributed by atoms with van der Waals surface area (Å²) < 4.78 is 10.3. The Morgan fingerprint density at radius 3 is 2.74 bits per heavy atom. The van der Waals surface area contributed by atoms with E-state index >= 15 is 0 Å². The van der Waals surface area contributed by atoms with Crippen LogP contribution in [0.5, 0.6) is 0 Å². The van der Waals surface area contributed by atoms with Gasteiger partial charge >= 0.3 is 0 Å². The number of nitrogens with one attached hydrogen (secondary N) is 1. The van der Waals surface area contributed by atoms with Crippen LogP contribution in [0.25, 0.3) is 0 Å². The van der Waals surface area contributed by atoms with Crippen LogP contribution in [0.15, 0.2) is 24.3 Å². The number of ether oxygens (including phenoxy) is 2. The van der Waals surface area contributed by atoms with Gasteiger partial charge in [-0.25, -0.2) is 0 Å². The minimum absolute atomic E-state index is 0.00871. The van der Waals surface area contributed by atoms with E-state index in [0.29, 0.717) is 13.2 Å². The quantitative estimate of drug-likeness (QED) is 0.576. The van der Waals surface area contributed by atoms with E-state index in [9.17, 15) is 10.1 Å². The maximum atomic E-state index is 10.7. The fraction of sp³-hybridized carbons (Fsp3) is 0.538. The number of nitro groups is 1. The highest BCUT2D eigenvalue weighted by molar-refractivity contribution is 5.35. The summed E-state index contributed by atoms with van der Waals surface area (Å²) in [6.45, 7) is 3.08. The molecule has 2 atom stereocenters. The fourth-order valence-corrected chi connectivity index (χ4v) is 1.73. The monoisotopic (exact) mass is 268 g/mol. The minimum Gasteiger partial charge on any atom is -0.382 e. The number of hydrogen-bond donors (Lipinski definition) is 1. The second-order valence-corrected chi connectivity index (χ2v) is 4.30. The van der Waals surface area contributed by atoms with Crippen molar-refractivity contribution in [1.82, 2.24) is 5.32 Å². The van der Waals surface area contributed by atoms with Crippen molar-refractivity contribution in [3.8, 4) is 0 Å². The lowest BCUT2D eigenvalue weighted by atomic mass is 10.1. The highest BCUT2D eigenvalue weighted by Crippen LogP contribution is 2.18. The topological polar surface area (TPSA) is 73.6 Å². The number of methoxy groups -OCH3 is 2. The standard InChI is InChI=1S/C13H20N2O4/c1-10(14-8-13(19-3)9-18-2)11-5-4-6-12(7-11)15(16)17/h4-7,10,13-14H,8-9H2,1-3H3. The molecule has 1 aromatic rings. The SMILES string of the molecule is COCC(CNC(C)c1cccc([N+](=O)[O-])c1)OC. The Labute approximate surface area is 112 Å². The first-order valence-electron chi connectivity index (χ1n) is 6.08. The zero-order valence-electron chi connectivity index (χ0n) is 11.5. The van der Waals surface area contributed by atoms with E-state index in [0.717, 1.165) is 5.56 Å². The van der Waals surface area contributed by atoms with Crippen molar-refractivity contribution in [2.45, 2.75) is 19.1 Å². The van der Waals surface area contributed by atoms with Crippen LogP contribution in [0.3, 0.4) is 0 Å². The van der Waals surface area contributed by atoms with E-state index in [4.69, 9.17) is 9.47 Å². The van der Waals surface area contributed by atoms with Crippen LogP contribution in [0, 0.1) is 10.1 Å². The molecule has 0 heterocycles. The molecule has 0 aliphatic heterocycles. The molecule has 1 rings (SSSR count).